The number of aryl methyl sites for hydroxylation is 1. The lowest BCUT2D eigenvalue weighted by atomic mass is 9.98. The molecule has 0 saturated carbocycles. The minimum Gasteiger partial charge on any atom is -0.477 e. The van der Waals surface area contributed by atoms with Gasteiger partial charge in [-0.15, -0.1) is 11.3 Å². The molecule has 0 radical (unpaired) electrons. The van der Waals surface area contributed by atoms with E-state index in [-0.39, 0.29) is 5.82 Å². The summed E-state index contributed by atoms with van der Waals surface area (Å²) in [6.07, 6.45) is 1.99. The van der Waals surface area contributed by atoms with Crippen molar-refractivity contribution in [1.82, 2.24) is 14.5 Å². The predicted molar refractivity (Wildman–Crippen MR) is 152 cm³/mol. The van der Waals surface area contributed by atoms with E-state index in [0.717, 1.165) is 32.5 Å². The number of aromatic nitrogens is 3. The van der Waals surface area contributed by atoms with Gasteiger partial charge in [0.1, 0.15) is 22.3 Å². The lowest BCUT2D eigenvalue weighted by Crippen LogP contribution is -2.22. The first-order valence-corrected chi connectivity index (χ1v) is 13.2. The van der Waals surface area contributed by atoms with Crippen LogP contribution in [0.5, 0.6) is 5.88 Å². The SMILES string of the molecule is CCOc1nc2sc3cn(-c4ccc(C)cc4)c(=Nc4ccc(F)cc4)nc3c2c(-c2ccccc2)c1C#N. The largest absolute Gasteiger partial charge is 0.477 e. The summed E-state index contributed by atoms with van der Waals surface area (Å²) >= 11 is 1.48. The number of rotatable bonds is 5. The van der Waals surface area contributed by atoms with E-state index >= 15 is 0 Å². The van der Waals surface area contributed by atoms with Gasteiger partial charge in [-0.1, -0.05) is 48.0 Å². The molecular weight excluding hydrogens is 509 g/mol. The fourth-order valence-electron chi connectivity index (χ4n) is 4.48. The lowest BCUT2D eigenvalue weighted by Gasteiger charge is -2.12. The predicted octanol–water partition coefficient (Wildman–Crippen LogP) is 7.25. The van der Waals surface area contributed by atoms with Crippen LogP contribution in [0.2, 0.25) is 0 Å². The number of halogens is 1. The molecule has 0 amide bonds. The Morgan fingerprint density at radius 3 is 2.44 bits per heavy atom. The second kappa shape index (κ2) is 10.1. The van der Waals surface area contributed by atoms with E-state index in [0.29, 0.717) is 39.7 Å². The Morgan fingerprint density at radius 1 is 1.00 bits per heavy atom. The van der Waals surface area contributed by atoms with Crippen molar-refractivity contribution >= 4 is 37.5 Å². The molecule has 0 saturated heterocycles. The molecule has 0 aliphatic carbocycles. The number of nitrogens with zero attached hydrogens (tertiary/aromatic N) is 5. The van der Waals surface area contributed by atoms with E-state index in [1.165, 1.54) is 23.5 Å². The molecule has 0 fully saturated rings. The molecule has 0 aliphatic heterocycles. The lowest BCUT2D eigenvalue weighted by molar-refractivity contribution is 0.327. The molecule has 0 aliphatic rings. The number of ether oxygens (including phenoxy) is 1. The van der Waals surface area contributed by atoms with Gasteiger partial charge in [-0.2, -0.15) is 5.26 Å². The standard InChI is InChI=1S/C31H22FN5OS/c1-3-38-29-24(17-33)26(20-7-5-4-6-8-20)27-28-25(39-30(27)36-29)18-37(23-15-9-19(2)10-16-23)31(35-28)34-22-13-11-21(32)12-14-22/h4-16,18H,3H2,1-2H3. The molecule has 39 heavy (non-hydrogen) atoms. The highest BCUT2D eigenvalue weighted by Gasteiger charge is 2.23. The molecule has 6 nitrogen and oxygen atoms in total. The summed E-state index contributed by atoms with van der Waals surface area (Å²) in [7, 11) is 0. The zero-order valence-electron chi connectivity index (χ0n) is 21.2. The number of fused-ring (bicyclic) bond motifs is 3. The van der Waals surface area contributed by atoms with Gasteiger partial charge in [0.2, 0.25) is 11.5 Å². The Bertz CT molecular complexity index is 1940. The minimum absolute atomic E-state index is 0.306. The van der Waals surface area contributed by atoms with Crippen molar-refractivity contribution in [3.05, 3.63) is 108 Å². The Labute approximate surface area is 228 Å². The molecule has 0 N–H and O–H groups in total. The van der Waals surface area contributed by atoms with Crippen LogP contribution in [0.4, 0.5) is 10.1 Å². The molecule has 3 heterocycles. The van der Waals surface area contributed by atoms with Crippen LogP contribution >= 0.6 is 11.3 Å². The van der Waals surface area contributed by atoms with Gasteiger partial charge < -0.3 is 4.74 Å². The van der Waals surface area contributed by atoms with Crippen LogP contribution in [-0.4, -0.2) is 21.1 Å². The third-order valence-corrected chi connectivity index (χ3v) is 7.31. The Balaban J connectivity index is 1.74. The van der Waals surface area contributed by atoms with Crippen molar-refractivity contribution in [2.45, 2.75) is 13.8 Å². The summed E-state index contributed by atoms with van der Waals surface area (Å²) in [5, 5.41) is 11.0. The molecule has 6 rings (SSSR count). The van der Waals surface area contributed by atoms with Crippen LogP contribution in [0.1, 0.15) is 18.1 Å². The number of hydrogen-bond acceptors (Lipinski definition) is 6. The molecule has 190 valence electrons. The van der Waals surface area contributed by atoms with Crippen LogP contribution in [0.3, 0.4) is 0 Å². The van der Waals surface area contributed by atoms with Gasteiger partial charge in [-0.25, -0.2) is 19.4 Å². The normalized spacial score (nSPS) is 11.7. The Kier molecular flexibility index (Phi) is 6.35. The maximum Gasteiger partial charge on any atom is 0.235 e. The molecule has 6 aromatic rings. The molecule has 8 heteroatoms. The summed E-state index contributed by atoms with van der Waals surface area (Å²) in [5.41, 5.74) is 5.66. The number of thiophene rings is 1. The molecule has 0 spiro atoms. The van der Waals surface area contributed by atoms with E-state index in [1.54, 1.807) is 12.1 Å². The topological polar surface area (TPSA) is 76.1 Å². The molecular formula is C31H22FN5OS. The van der Waals surface area contributed by atoms with Crippen molar-refractivity contribution < 1.29 is 9.13 Å². The summed E-state index contributed by atoms with van der Waals surface area (Å²) < 4.78 is 22.2. The van der Waals surface area contributed by atoms with Gasteiger partial charge in [0.05, 0.1) is 22.5 Å². The van der Waals surface area contributed by atoms with Gasteiger partial charge in [-0.05, 0) is 55.8 Å². The van der Waals surface area contributed by atoms with Crippen molar-refractivity contribution in [2.75, 3.05) is 6.61 Å². The summed E-state index contributed by atoms with van der Waals surface area (Å²) in [6.45, 7) is 4.29. The first-order chi connectivity index (χ1) is 19.1. The van der Waals surface area contributed by atoms with Crippen molar-refractivity contribution in [3.8, 4) is 28.8 Å². The van der Waals surface area contributed by atoms with Crippen LogP contribution in [0.25, 0.3) is 37.2 Å². The Hall–Kier alpha value is -4.87. The van der Waals surface area contributed by atoms with Gasteiger partial charge in [0.15, 0.2) is 0 Å². The number of pyridine rings is 1. The molecule has 0 bridgehead atoms. The zero-order valence-corrected chi connectivity index (χ0v) is 22.0. The van der Waals surface area contributed by atoms with E-state index in [1.807, 2.05) is 79.2 Å². The minimum atomic E-state index is -0.333. The summed E-state index contributed by atoms with van der Waals surface area (Å²) in [4.78, 5) is 15.3. The Morgan fingerprint density at radius 2 is 1.74 bits per heavy atom. The van der Waals surface area contributed by atoms with Crippen LogP contribution in [0, 0.1) is 24.1 Å². The first kappa shape index (κ1) is 24.5. The quantitative estimate of drug-likeness (QED) is 0.235. The van der Waals surface area contributed by atoms with E-state index in [4.69, 9.17) is 19.7 Å². The molecule has 3 aromatic carbocycles. The molecule has 0 atom stereocenters. The maximum absolute atomic E-state index is 13.6. The van der Waals surface area contributed by atoms with Crippen molar-refractivity contribution in [1.29, 1.82) is 5.26 Å². The van der Waals surface area contributed by atoms with Crippen LogP contribution in [0.15, 0.2) is 90.1 Å². The van der Waals surface area contributed by atoms with Crippen molar-refractivity contribution in [3.63, 3.8) is 0 Å². The van der Waals surface area contributed by atoms with E-state index in [9.17, 15) is 9.65 Å². The first-order valence-electron chi connectivity index (χ1n) is 12.4. The van der Waals surface area contributed by atoms with Gasteiger partial charge >= 0.3 is 0 Å². The highest BCUT2D eigenvalue weighted by atomic mass is 32.1. The number of nitriles is 1. The van der Waals surface area contributed by atoms with Gasteiger partial charge in [0.25, 0.3) is 0 Å². The molecule has 0 unspecified atom stereocenters. The van der Waals surface area contributed by atoms with Gasteiger partial charge in [0, 0.05) is 22.8 Å². The summed E-state index contributed by atoms with van der Waals surface area (Å²) in [5.74, 6) is -0.0270. The smallest absolute Gasteiger partial charge is 0.235 e. The average molecular weight is 532 g/mol. The van der Waals surface area contributed by atoms with Crippen LogP contribution in [-0.2, 0) is 0 Å². The van der Waals surface area contributed by atoms with E-state index in [2.05, 4.69) is 6.07 Å². The fraction of sp³-hybridized carbons (Fsp3) is 0.0968. The van der Waals surface area contributed by atoms with Crippen LogP contribution < -0.4 is 10.4 Å². The highest BCUT2D eigenvalue weighted by Crippen LogP contribution is 2.42. The van der Waals surface area contributed by atoms with Gasteiger partial charge in [-0.3, -0.25) is 4.57 Å². The van der Waals surface area contributed by atoms with E-state index < -0.39 is 0 Å². The third-order valence-electron chi connectivity index (χ3n) is 6.30. The maximum atomic E-state index is 13.6. The average Bonchev–Trinajstić information content (AvgIpc) is 3.31. The second-order valence-corrected chi connectivity index (χ2v) is 9.94. The number of hydrogen-bond donors (Lipinski definition) is 0. The summed E-state index contributed by atoms with van der Waals surface area (Å²) in [6, 6.07) is 26.1. The third kappa shape index (κ3) is 4.54. The van der Waals surface area contributed by atoms with Crippen molar-refractivity contribution in [2.24, 2.45) is 4.99 Å². The number of benzene rings is 3. The second-order valence-electron chi connectivity index (χ2n) is 8.91. The molecule has 3 aromatic heterocycles. The monoisotopic (exact) mass is 531 g/mol. The highest BCUT2D eigenvalue weighted by molar-refractivity contribution is 7.25. The fourth-order valence-corrected chi connectivity index (χ4v) is 5.52. The zero-order chi connectivity index (χ0) is 26.9.